The van der Waals surface area contributed by atoms with Crippen molar-refractivity contribution in [1.82, 2.24) is 10.6 Å². The van der Waals surface area contributed by atoms with Crippen LogP contribution in [0.3, 0.4) is 0 Å². The zero-order chi connectivity index (χ0) is 15.5. The standard InChI is InChI=1S/C15H28N2O4/c1-5-20-12-8-11(17-14(18)21-15(2,3)4)13(12)16-10-6-7-19-9-10/h10-13,16H,5-9H2,1-4H3,(H,17,18). The molecule has 2 fully saturated rings. The molecule has 1 saturated carbocycles. The fourth-order valence-corrected chi connectivity index (χ4v) is 2.76. The molecule has 0 bridgehead atoms. The Kier molecular flexibility index (Phi) is 5.46. The van der Waals surface area contributed by atoms with Gasteiger partial charge in [0.15, 0.2) is 0 Å². The molecule has 122 valence electrons. The first-order valence-corrected chi connectivity index (χ1v) is 7.84. The number of alkyl carbamates (subject to hydrolysis) is 1. The summed E-state index contributed by atoms with van der Waals surface area (Å²) >= 11 is 0. The molecule has 21 heavy (non-hydrogen) atoms. The predicted molar refractivity (Wildman–Crippen MR) is 79.3 cm³/mol. The number of amides is 1. The van der Waals surface area contributed by atoms with Crippen molar-refractivity contribution in [2.24, 2.45) is 0 Å². The number of carbonyl (C=O) groups excluding carboxylic acids is 1. The maximum absolute atomic E-state index is 11.9. The molecular weight excluding hydrogens is 272 g/mol. The zero-order valence-corrected chi connectivity index (χ0v) is 13.5. The van der Waals surface area contributed by atoms with Crippen molar-refractivity contribution in [3.8, 4) is 0 Å². The van der Waals surface area contributed by atoms with Crippen LogP contribution in [0.1, 0.15) is 40.5 Å². The topological polar surface area (TPSA) is 68.8 Å². The van der Waals surface area contributed by atoms with Gasteiger partial charge in [0.05, 0.1) is 24.8 Å². The third-order valence-corrected chi connectivity index (χ3v) is 3.76. The van der Waals surface area contributed by atoms with Gasteiger partial charge < -0.3 is 24.8 Å². The molecule has 6 nitrogen and oxygen atoms in total. The molecule has 0 aromatic rings. The predicted octanol–water partition coefficient (Wildman–Crippen LogP) is 1.44. The largest absolute Gasteiger partial charge is 0.444 e. The number of nitrogens with one attached hydrogen (secondary N) is 2. The highest BCUT2D eigenvalue weighted by atomic mass is 16.6. The van der Waals surface area contributed by atoms with Crippen molar-refractivity contribution >= 4 is 6.09 Å². The van der Waals surface area contributed by atoms with E-state index in [1.807, 2.05) is 27.7 Å². The summed E-state index contributed by atoms with van der Waals surface area (Å²) in [5.41, 5.74) is -0.477. The van der Waals surface area contributed by atoms with Crippen LogP contribution in [0.4, 0.5) is 4.79 Å². The van der Waals surface area contributed by atoms with Crippen molar-refractivity contribution in [3.05, 3.63) is 0 Å². The maximum Gasteiger partial charge on any atom is 0.407 e. The Morgan fingerprint density at radius 2 is 2.14 bits per heavy atom. The fourth-order valence-electron chi connectivity index (χ4n) is 2.76. The Morgan fingerprint density at radius 1 is 1.38 bits per heavy atom. The van der Waals surface area contributed by atoms with Crippen LogP contribution >= 0.6 is 0 Å². The van der Waals surface area contributed by atoms with Gasteiger partial charge in [0.25, 0.3) is 0 Å². The Balaban J connectivity index is 1.84. The van der Waals surface area contributed by atoms with E-state index in [9.17, 15) is 4.79 Å². The summed E-state index contributed by atoms with van der Waals surface area (Å²) in [5, 5.41) is 6.49. The summed E-state index contributed by atoms with van der Waals surface area (Å²) in [6.07, 6.45) is 1.61. The van der Waals surface area contributed by atoms with Gasteiger partial charge in [0.2, 0.25) is 0 Å². The second kappa shape index (κ2) is 6.94. The molecule has 1 saturated heterocycles. The van der Waals surface area contributed by atoms with Crippen molar-refractivity contribution in [2.45, 2.75) is 70.4 Å². The molecule has 0 spiro atoms. The molecule has 0 aromatic heterocycles. The molecule has 6 heteroatoms. The fraction of sp³-hybridized carbons (Fsp3) is 0.933. The lowest BCUT2D eigenvalue weighted by molar-refractivity contribution is -0.0467. The quantitative estimate of drug-likeness (QED) is 0.804. The summed E-state index contributed by atoms with van der Waals surface area (Å²) in [6.45, 7) is 9.79. The van der Waals surface area contributed by atoms with E-state index >= 15 is 0 Å². The van der Waals surface area contributed by atoms with E-state index in [4.69, 9.17) is 14.2 Å². The first-order chi connectivity index (χ1) is 9.89. The first-order valence-electron chi connectivity index (χ1n) is 7.84. The maximum atomic E-state index is 11.9. The van der Waals surface area contributed by atoms with E-state index in [1.54, 1.807) is 0 Å². The lowest BCUT2D eigenvalue weighted by Gasteiger charge is -2.46. The Morgan fingerprint density at radius 3 is 2.71 bits per heavy atom. The van der Waals surface area contributed by atoms with Crippen LogP contribution in [0.25, 0.3) is 0 Å². The highest BCUT2D eigenvalue weighted by molar-refractivity contribution is 5.68. The van der Waals surface area contributed by atoms with Crippen LogP contribution in [-0.4, -0.2) is 55.7 Å². The van der Waals surface area contributed by atoms with Gasteiger partial charge in [-0.25, -0.2) is 4.79 Å². The summed E-state index contributed by atoms with van der Waals surface area (Å²) in [6, 6.07) is 0.530. The van der Waals surface area contributed by atoms with E-state index in [1.165, 1.54) is 0 Å². The van der Waals surface area contributed by atoms with Crippen molar-refractivity contribution < 1.29 is 19.0 Å². The van der Waals surface area contributed by atoms with Gasteiger partial charge in [-0.2, -0.15) is 0 Å². The molecule has 1 amide bonds. The van der Waals surface area contributed by atoms with Crippen LogP contribution in [-0.2, 0) is 14.2 Å². The van der Waals surface area contributed by atoms with Crippen LogP contribution < -0.4 is 10.6 Å². The van der Waals surface area contributed by atoms with Gasteiger partial charge in [-0.15, -0.1) is 0 Å². The number of hydrogen-bond donors (Lipinski definition) is 2. The average Bonchev–Trinajstić information content (AvgIpc) is 2.85. The molecule has 4 atom stereocenters. The Hall–Kier alpha value is -0.850. The summed E-state index contributed by atoms with van der Waals surface area (Å²) in [4.78, 5) is 11.9. The molecule has 1 aliphatic heterocycles. The van der Waals surface area contributed by atoms with E-state index in [0.29, 0.717) is 12.6 Å². The zero-order valence-electron chi connectivity index (χ0n) is 13.5. The number of carbonyl (C=O) groups is 1. The van der Waals surface area contributed by atoms with Crippen LogP contribution in [0.2, 0.25) is 0 Å². The minimum Gasteiger partial charge on any atom is -0.444 e. The lowest BCUT2D eigenvalue weighted by Crippen LogP contribution is -2.67. The highest BCUT2D eigenvalue weighted by Gasteiger charge is 2.44. The average molecular weight is 300 g/mol. The van der Waals surface area contributed by atoms with Crippen LogP contribution in [0.15, 0.2) is 0 Å². The molecule has 2 N–H and O–H groups in total. The van der Waals surface area contributed by atoms with E-state index < -0.39 is 5.60 Å². The van der Waals surface area contributed by atoms with Gasteiger partial charge in [-0.1, -0.05) is 0 Å². The molecule has 2 rings (SSSR count). The van der Waals surface area contributed by atoms with Crippen molar-refractivity contribution in [1.29, 1.82) is 0 Å². The number of ether oxygens (including phenoxy) is 3. The molecule has 2 aliphatic rings. The smallest absolute Gasteiger partial charge is 0.407 e. The first kappa shape index (κ1) is 16.5. The van der Waals surface area contributed by atoms with Gasteiger partial charge in [-0.3, -0.25) is 0 Å². The summed E-state index contributed by atoms with van der Waals surface area (Å²) < 4.78 is 16.4. The second-order valence-electron chi connectivity index (χ2n) is 6.74. The van der Waals surface area contributed by atoms with E-state index in [2.05, 4.69) is 10.6 Å². The van der Waals surface area contributed by atoms with Gasteiger partial charge in [-0.05, 0) is 40.5 Å². The third-order valence-electron chi connectivity index (χ3n) is 3.76. The van der Waals surface area contributed by atoms with E-state index in [-0.39, 0.29) is 24.3 Å². The van der Waals surface area contributed by atoms with E-state index in [0.717, 1.165) is 26.1 Å². The molecular formula is C15H28N2O4. The van der Waals surface area contributed by atoms with Gasteiger partial charge >= 0.3 is 6.09 Å². The van der Waals surface area contributed by atoms with Crippen LogP contribution in [0.5, 0.6) is 0 Å². The molecule has 4 unspecified atom stereocenters. The number of hydrogen-bond acceptors (Lipinski definition) is 5. The molecule has 1 aliphatic carbocycles. The monoisotopic (exact) mass is 300 g/mol. The normalized spacial score (nSPS) is 32.6. The molecule has 1 heterocycles. The van der Waals surface area contributed by atoms with Crippen LogP contribution in [0, 0.1) is 0 Å². The third kappa shape index (κ3) is 4.83. The summed E-state index contributed by atoms with van der Waals surface area (Å²) in [7, 11) is 0. The number of rotatable bonds is 5. The minimum absolute atomic E-state index is 0.0528. The SMILES string of the molecule is CCOC1CC(NC(=O)OC(C)(C)C)C1NC1CCOC1. The Labute approximate surface area is 126 Å². The lowest BCUT2D eigenvalue weighted by atomic mass is 9.82. The Bertz CT molecular complexity index is 350. The molecule has 0 aromatic carbocycles. The van der Waals surface area contributed by atoms with Gasteiger partial charge in [0.1, 0.15) is 5.60 Å². The minimum atomic E-state index is -0.477. The highest BCUT2D eigenvalue weighted by Crippen LogP contribution is 2.26. The molecule has 0 radical (unpaired) electrons. The van der Waals surface area contributed by atoms with Gasteiger partial charge in [0, 0.05) is 19.3 Å². The summed E-state index contributed by atoms with van der Waals surface area (Å²) in [5.74, 6) is 0. The second-order valence-corrected chi connectivity index (χ2v) is 6.74. The van der Waals surface area contributed by atoms with Crippen molar-refractivity contribution in [3.63, 3.8) is 0 Å². The van der Waals surface area contributed by atoms with Crippen molar-refractivity contribution in [2.75, 3.05) is 19.8 Å².